The van der Waals surface area contributed by atoms with Crippen LogP contribution in [0.1, 0.15) is 24.9 Å². The second-order valence-electron chi connectivity index (χ2n) is 4.15. The van der Waals surface area contributed by atoms with Gasteiger partial charge in [-0.2, -0.15) is 8.78 Å². The molecule has 0 spiro atoms. The first-order valence-corrected chi connectivity index (χ1v) is 6.23. The number of halogens is 2. The fraction of sp³-hybridized carbons (Fsp3) is 0.462. The zero-order valence-electron chi connectivity index (χ0n) is 11.1. The van der Waals surface area contributed by atoms with Crippen molar-refractivity contribution in [2.75, 3.05) is 13.2 Å². The van der Waals surface area contributed by atoms with Crippen LogP contribution in [0.2, 0.25) is 0 Å². The molecule has 20 heavy (non-hydrogen) atoms. The van der Waals surface area contributed by atoms with Crippen molar-refractivity contribution in [2.24, 2.45) is 0 Å². The lowest BCUT2D eigenvalue weighted by atomic mass is 10.1. The molecule has 0 aliphatic carbocycles. The van der Waals surface area contributed by atoms with Gasteiger partial charge in [-0.15, -0.1) is 0 Å². The molecular formula is C13H18F2N2O3. The number of carbonyl (C=O) groups is 1. The van der Waals surface area contributed by atoms with E-state index in [1.54, 1.807) is 19.1 Å². The molecule has 1 atom stereocenters. The predicted molar refractivity (Wildman–Crippen MR) is 69.7 cm³/mol. The van der Waals surface area contributed by atoms with Crippen molar-refractivity contribution >= 4 is 6.03 Å². The van der Waals surface area contributed by atoms with Gasteiger partial charge in [-0.1, -0.05) is 12.1 Å². The number of urea groups is 1. The molecule has 0 heterocycles. The van der Waals surface area contributed by atoms with Crippen molar-refractivity contribution in [3.8, 4) is 5.75 Å². The molecule has 2 amide bonds. The minimum absolute atomic E-state index is 0.0153. The van der Waals surface area contributed by atoms with Gasteiger partial charge in [-0.25, -0.2) is 4.79 Å². The van der Waals surface area contributed by atoms with Crippen molar-refractivity contribution in [3.05, 3.63) is 29.8 Å². The number of carbonyl (C=O) groups excluding carboxylic acids is 1. The van der Waals surface area contributed by atoms with E-state index in [-0.39, 0.29) is 24.4 Å². The molecule has 1 rings (SSSR count). The average molecular weight is 288 g/mol. The lowest BCUT2D eigenvalue weighted by Gasteiger charge is -2.15. The second-order valence-corrected chi connectivity index (χ2v) is 4.15. The summed E-state index contributed by atoms with van der Waals surface area (Å²) in [6.07, 6.45) is 0.488. The molecule has 0 fully saturated rings. The highest BCUT2D eigenvalue weighted by Crippen LogP contribution is 2.18. The number of alkyl halides is 2. The van der Waals surface area contributed by atoms with Gasteiger partial charge in [0.2, 0.25) is 0 Å². The van der Waals surface area contributed by atoms with Crippen LogP contribution in [0.4, 0.5) is 13.6 Å². The van der Waals surface area contributed by atoms with Gasteiger partial charge in [0.05, 0.1) is 6.04 Å². The Morgan fingerprint density at radius 1 is 1.35 bits per heavy atom. The van der Waals surface area contributed by atoms with Gasteiger partial charge in [-0.3, -0.25) is 0 Å². The van der Waals surface area contributed by atoms with Crippen LogP contribution in [-0.2, 0) is 0 Å². The Labute approximate surface area is 115 Å². The molecule has 3 N–H and O–H groups in total. The lowest BCUT2D eigenvalue weighted by molar-refractivity contribution is -0.0498. The van der Waals surface area contributed by atoms with Gasteiger partial charge in [0.1, 0.15) is 5.75 Å². The summed E-state index contributed by atoms with van der Waals surface area (Å²) in [7, 11) is 0. The highest BCUT2D eigenvalue weighted by Gasteiger charge is 2.10. The van der Waals surface area contributed by atoms with Crippen LogP contribution < -0.4 is 15.4 Å². The quantitative estimate of drug-likeness (QED) is 0.672. The summed E-state index contributed by atoms with van der Waals surface area (Å²) in [5.74, 6) is 0.0725. The third-order valence-electron chi connectivity index (χ3n) is 2.57. The molecule has 1 aromatic rings. The highest BCUT2D eigenvalue weighted by molar-refractivity contribution is 5.74. The maximum absolute atomic E-state index is 12.0. The number of rotatable bonds is 7. The Hall–Kier alpha value is -1.89. The van der Waals surface area contributed by atoms with Gasteiger partial charge in [0, 0.05) is 13.2 Å². The van der Waals surface area contributed by atoms with E-state index in [1.165, 1.54) is 12.1 Å². The van der Waals surface area contributed by atoms with Crippen LogP contribution in [0.15, 0.2) is 24.3 Å². The number of hydrogen-bond acceptors (Lipinski definition) is 3. The van der Waals surface area contributed by atoms with Crippen molar-refractivity contribution in [2.45, 2.75) is 26.0 Å². The van der Waals surface area contributed by atoms with Crippen LogP contribution >= 0.6 is 0 Å². The Morgan fingerprint density at radius 3 is 2.55 bits per heavy atom. The molecule has 0 aliphatic heterocycles. The van der Waals surface area contributed by atoms with Gasteiger partial charge in [-0.05, 0) is 31.0 Å². The van der Waals surface area contributed by atoms with E-state index in [0.29, 0.717) is 13.0 Å². The molecule has 0 aromatic heterocycles. The standard InChI is InChI=1S/C13H18F2N2O3/c1-9(17-13(19)16-7-2-8-18)10-3-5-11(6-4-10)20-12(14)15/h3-6,9,12,18H,2,7-8H2,1H3,(H2,16,17,19). The summed E-state index contributed by atoms with van der Waals surface area (Å²) in [5.41, 5.74) is 0.768. The first-order chi connectivity index (χ1) is 9.52. The zero-order chi connectivity index (χ0) is 15.0. The molecule has 0 aliphatic rings. The SMILES string of the molecule is CC(NC(=O)NCCCO)c1ccc(OC(F)F)cc1. The summed E-state index contributed by atoms with van der Waals surface area (Å²) in [4.78, 5) is 11.5. The molecule has 1 unspecified atom stereocenters. The van der Waals surface area contributed by atoms with E-state index in [0.717, 1.165) is 5.56 Å². The monoisotopic (exact) mass is 288 g/mol. The van der Waals surface area contributed by atoms with Crippen molar-refractivity contribution in [3.63, 3.8) is 0 Å². The lowest BCUT2D eigenvalue weighted by Crippen LogP contribution is -2.37. The number of hydrogen-bond donors (Lipinski definition) is 3. The fourth-order valence-electron chi connectivity index (χ4n) is 1.55. The molecule has 112 valence electrons. The normalized spacial score (nSPS) is 12.1. The Bertz CT molecular complexity index is 413. The van der Waals surface area contributed by atoms with E-state index < -0.39 is 6.61 Å². The largest absolute Gasteiger partial charge is 0.435 e. The zero-order valence-corrected chi connectivity index (χ0v) is 11.1. The van der Waals surface area contributed by atoms with Crippen molar-refractivity contribution in [1.82, 2.24) is 10.6 Å². The van der Waals surface area contributed by atoms with E-state index in [9.17, 15) is 13.6 Å². The predicted octanol–water partition coefficient (Wildman–Crippen LogP) is 2.03. The molecular weight excluding hydrogens is 270 g/mol. The number of benzene rings is 1. The van der Waals surface area contributed by atoms with Gasteiger partial charge in [0.25, 0.3) is 0 Å². The molecule has 0 saturated carbocycles. The third kappa shape index (κ3) is 5.83. The number of aliphatic hydroxyl groups is 1. The van der Waals surface area contributed by atoms with E-state index in [4.69, 9.17) is 5.11 Å². The molecule has 5 nitrogen and oxygen atoms in total. The minimum atomic E-state index is -2.85. The van der Waals surface area contributed by atoms with Gasteiger partial charge >= 0.3 is 12.6 Å². The second kappa shape index (κ2) is 8.31. The molecule has 0 bridgehead atoms. The smallest absolute Gasteiger partial charge is 0.387 e. The molecule has 1 aromatic carbocycles. The maximum atomic E-state index is 12.0. The number of amides is 2. The van der Waals surface area contributed by atoms with Crippen LogP contribution in [0.3, 0.4) is 0 Å². The van der Waals surface area contributed by atoms with E-state index in [2.05, 4.69) is 15.4 Å². The van der Waals surface area contributed by atoms with Crippen molar-refractivity contribution in [1.29, 1.82) is 0 Å². The Balaban J connectivity index is 2.46. The number of ether oxygens (including phenoxy) is 1. The summed E-state index contributed by atoms with van der Waals surface area (Å²) in [6, 6.07) is 5.43. The van der Waals surface area contributed by atoms with Gasteiger partial charge in [0.15, 0.2) is 0 Å². The van der Waals surface area contributed by atoms with E-state index in [1.807, 2.05) is 0 Å². The molecule has 0 radical (unpaired) electrons. The maximum Gasteiger partial charge on any atom is 0.387 e. The fourth-order valence-corrected chi connectivity index (χ4v) is 1.55. The third-order valence-corrected chi connectivity index (χ3v) is 2.57. The van der Waals surface area contributed by atoms with Crippen molar-refractivity contribution < 1.29 is 23.4 Å². The van der Waals surface area contributed by atoms with Crippen LogP contribution in [0.25, 0.3) is 0 Å². The molecule has 7 heteroatoms. The van der Waals surface area contributed by atoms with Crippen LogP contribution in [0.5, 0.6) is 5.75 Å². The first kappa shape index (κ1) is 16.2. The van der Waals surface area contributed by atoms with Gasteiger partial charge < -0.3 is 20.5 Å². The highest BCUT2D eigenvalue weighted by atomic mass is 19.3. The summed E-state index contributed by atoms with van der Waals surface area (Å²) in [5, 5.41) is 13.9. The molecule has 0 saturated heterocycles. The average Bonchev–Trinajstić information content (AvgIpc) is 2.39. The number of aliphatic hydroxyl groups excluding tert-OH is 1. The van der Waals surface area contributed by atoms with Crippen LogP contribution in [-0.4, -0.2) is 30.9 Å². The topological polar surface area (TPSA) is 70.6 Å². The van der Waals surface area contributed by atoms with E-state index >= 15 is 0 Å². The minimum Gasteiger partial charge on any atom is -0.435 e. The van der Waals surface area contributed by atoms with Crippen LogP contribution in [0, 0.1) is 0 Å². The summed E-state index contributed by atoms with van der Waals surface area (Å²) in [6.45, 7) is -0.680. The summed E-state index contributed by atoms with van der Waals surface area (Å²) >= 11 is 0. The Morgan fingerprint density at radius 2 is 2.00 bits per heavy atom. The first-order valence-electron chi connectivity index (χ1n) is 6.23. The number of nitrogens with one attached hydrogen (secondary N) is 2. The Kier molecular flexibility index (Phi) is 6.72. The summed E-state index contributed by atoms with van der Waals surface area (Å²) < 4.78 is 28.2.